The van der Waals surface area contributed by atoms with E-state index in [0.29, 0.717) is 16.2 Å². The van der Waals surface area contributed by atoms with Gasteiger partial charge < -0.3 is 34.3 Å². The molecular weight excluding hydrogens is 562 g/mol. The first-order valence-corrected chi connectivity index (χ1v) is 13.8. The number of anilines is 1. The Bertz CT molecular complexity index is 1350. The van der Waals surface area contributed by atoms with Crippen LogP contribution >= 0.6 is 11.3 Å². The summed E-state index contributed by atoms with van der Waals surface area (Å²) >= 11 is 1.24. The van der Waals surface area contributed by atoms with Gasteiger partial charge in [-0.1, -0.05) is 12.1 Å². The van der Waals surface area contributed by atoms with Gasteiger partial charge in [-0.25, -0.2) is 0 Å². The largest absolute Gasteiger partial charge is 0.494 e. The summed E-state index contributed by atoms with van der Waals surface area (Å²) in [5.41, 5.74) is -0.124. The molecule has 1 atom stereocenters. The molecule has 1 unspecified atom stereocenters. The molecule has 12 heteroatoms. The van der Waals surface area contributed by atoms with Crippen LogP contribution in [-0.2, 0) is 9.59 Å². The second kappa shape index (κ2) is 13.9. The minimum Gasteiger partial charge on any atom is -0.494 e. The van der Waals surface area contributed by atoms with Crippen molar-refractivity contribution in [3.8, 4) is 28.7 Å². The topological polar surface area (TPSA) is 125 Å². The Kier molecular flexibility index (Phi) is 10.6. The Morgan fingerprint density at radius 2 is 1.40 bits per heavy atom. The third-order valence-corrected chi connectivity index (χ3v) is 6.93. The van der Waals surface area contributed by atoms with E-state index < -0.39 is 35.8 Å². The van der Waals surface area contributed by atoms with Gasteiger partial charge in [-0.2, -0.15) is 0 Å². The SMILES string of the molecule is COc1cc(C(C(=O)NC(C)(C)C)N(C(=O)CNC(=O)c2cccs2)c2c(OC)cccc2OC)cc(OC)c1OC. The Hall–Kier alpha value is -4.45. The molecule has 2 N–H and O–H groups in total. The van der Waals surface area contributed by atoms with Crippen LogP contribution in [0.1, 0.15) is 42.0 Å². The lowest BCUT2D eigenvalue weighted by Crippen LogP contribution is -2.51. The van der Waals surface area contributed by atoms with Crippen LogP contribution < -0.4 is 39.2 Å². The van der Waals surface area contributed by atoms with E-state index in [-0.39, 0.29) is 28.7 Å². The van der Waals surface area contributed by atoms with E-state index in [9.17, 15) is 14.4 Å². The molecular formula is C30H37N3O8S. The Morgan fingerprint density at radius 3 is 1.86 bits per heavy atom. The number of amides is 3. The van der Waals surface area contributed by atoms with Crippen molar-refractivity contribution >= 4 is 34.7 Å². The number of ether oxygens (including phenoxy) is 5. The quantitative estimate of drug-likeness (QED) is 0.317. The van der Waals surface area contributed by atoms with Gasteiger partial charge in [0.15, 0.2) is 11.5 Å². The molecule has 0 aliphatic heterocycles. The highest BCUT2D eigenvalue weighted by atomic mass is 32.1. The lowest BCUT2D eigenvalue weighted by atomic mass is 9.99. The van der Waals surface area contributed by atoms with Crippen LogP contribution in [-0.4, -0.2) is 65.4 Å². The highest BCUT2D eigenvalue weighted by Crippen LogP contribution is 2.45. The van der Waals surface area contributed by atoms with E-state index in [0.717, 1.165) is 0 Å². The summed E-state index contributed by atoms with van der Waals surface area (Å²) in [6.07, 6.45) is 0. The number of hydrogen-bond donors (Lipinski definition) is 2. The smallest absolute Gasteiger partial charge is 0.261 e. The number of methoxy groups -OCH3 is 5. The minimum absolute atomic E-state index is 0.195. The fourth-order valence-electron chi connectivity index (χ4n) is 4.32. The van der Waals surface area contributed by atoms with Crippen LogP contribution in [0.4, 0.5) is 5.69 Å². The van der Waals surface area contributed by atoms with Crippen molar-refractivity contribution in [2.75, 3.05) is 47.0 Å². The van der Waals surface area contributed by atoms with Gasteiger partial charge in [-0.05, 0) is 62.0 Å². The number of rotatable bonds is 12. The predicted molar refractivity (Wildman–Crippen MR) is 160 cm³/mol. The molecule has 0 fully saturated rings. The molecule has 0 radical (unpaired) electrons. The highest BCUT2D eigenvalue weighted by Gasteiger charge is 2.38. The molecule has 0 saturated heterocycles. The van der Waals surface area contributed by atoms with Crippen molar-refractivity contribution in [1.82, 2.24) is 10.6 Å². The zero-order valence-electron chi connectivity index (χ0n) is 25.0. The molecule has 0 bridgehead atoms. The van der Waals surface area contributed by atoms with E-state index in [1.807, 2.05) is 20.8 Å². The number of hydrogen-bond acceptors (Lipinski definition) is 9. The highest BCUT2D eigenvalue weighted by molar-refractivity contribution is 7.12. The van der Waals surface area contributed by atoms with E-state index in [4.69, 9.17) is 23.7 Å². The predicted octanol–water partition coefficient (Wildman–Crippen LogP) is 4.21. The first-order valence-electron chi connectivity index (χ1n) is 13.0. The van der Waals surface area contributed by atoms with E-state index in [1.165, 1.54) is 51.8 Å². The first kappa shape index (κ1) is 32.1. The maximum absolute atomic E-state index is 14.2. The lowest BCUT2D eigenvalue weighted by molar-refractivity contribution is -0.127. The number of thiophene rings is 1. The van der Waals surface area contributed by atoms with Crippen LogP contribution in [0.5, 0.6) is 28.7 Å². The van der Waals surface area contributed by atoms with Gasteiger partial charge in [0.05, 0.1) is 47.0 Å². The zero-order chi connectivity index (χ0) is 31.0. The van der Waals surface area contributed by atoms with Crippen molar-refractivity contribution in [3.05, 3.63) is 58.3 Å². The first-order chi connectivity index (χ1) is 20.0. The normalized spacial score (nSPS) is 11.6. The maximum Gasteiger partial charge on any atom is 0.261 e. The number of nitrogens with zero attached hydrogens (tertiary/aromatic N) is 1. The van der Waals surface area contributed by atoms with Crippen molar-refractivity contribution < 1.29 is 38.1 Å². The van der Waals surface area contributed by atoms with Gasteiger partial charge >= 0.3 is 0 Å². The molecule has 0 aliphatic carbocycles. The summed E-state index contributed by atoms with van der Waals surface area (Å²) < 4.78 is 27.9. The molecule has 0 spiro atoms. The van der Waals surface area contributed by atoms with Crippen LogP contribution in [0.15, 0.2) is 47.8 Å². The van der Waals surface area contributed by atoms with Crippen molar-refractivity contribution in [2.45, 2.75) is 32.4 Å². The maximum atomic E-state index is 14.2. The molecule has 42 heavy (non-hydrogen) atoms. The number of nitrogens with one attached hydrogen (secondary N) is 2. The fraction of sp³-hybridized carbons (Fsp3) is 0.367. The van der Waals surface area contributed by atoms with E-state index in [1.54, 1.807) is 47.8 Å². The fourth-order valence-corrected chi connectivity index (χ4v) is 4.96. The van der Waals surface area contributed by atoms with Gasteiger partial charge in [0.25, 0.3) is 5.91 Å². The van der Waals surface area contributed by atoms with Gasteiger partial charge in [0.1, 0.15) is 23.2 Å². The van der Waals surface area contributed by atoms with Crippen LogP contribution in [0.25, 0.3) is 0 Å². The standard InChI is InChI=1S/C30H37N3O8S/c1-30(2,3)32-29(36)25(18-15-21(39-6)27(41-8)22(16-18)40-7)33(26-19(37-4)11-9-12-20(26)38-5)24(34)17-31-28(35)23-13-10-14-42-23/h9-16,25H,17H2,1-8H3,(H,31,35)(H,32,36). The number of benzene rings is 2. The summed E-state index contributed by atoms with van der Waals surface area (Å²) in [7, 11) is 7.27. The van der Waals surface area contributed by atoms with Crippen LogP contribution in [0.3, 0.4) is 0 Å². The van der Waals surface area contributed by atoms with Crippen LogP contribution in [0, 0.1) is 0 Å². The van der Waals surface area contributed by atoms with Crippen molar-refractivity contribution in [3.63, 3.8) is 0 Å². The zero-order valence-corrected chi connectivity index (χ0v) is 25.8. The Morgan fingerprint density at radius 1 is 0.833 bits per heavy atom. The summed E-state index contributed by atoms with van der Waals surface area (Å²) in [5.74, 6) is -0.116. The summed E-state index contributed by atoms with van der Waals surface area (Å²) in [4.78, 5) is 42.8. The van der Waals surface area contributed by atoms with Crippen molar-refractivity contribution in [2.24, 2.45) is 0 Å². The molecule has 1 aromatic heterocycles. The van der Waals surface area contributed by atoms with E-state index in [2.05, 4.69) is 10.6 Å². The number of carbonyl (C=O) groups excluding carboxylic acids is 3. The number of carbonyl (C=O) groups is 3. The molecule has 3 amide bonds. The number of para-hydroxylation sites is 1. The Labute approximate surface area is 249 Å². The third kappa shape index (κ3) is 7.24. The molecule has 3 rings (SSSR count). The summed E-state index contributed by atoms with van der Waals surface area (Å²) in [5, 5.41) is 7.40. The van der Waals surface area contributed by atoms with Gasteiger partial charge in [0.2, 0.25) is 17.6 Å². The Balaban J connectivity index is 2.29. The molecule has 0 aliphatic rings. The molecule has 3 aromatic rings. The molecule has 226 valence electrons. The van der Waals surface area contributed by atoms with Gasteiger partial charge in [0, 0.05) is 5.54 Å². The third-order valence-electron chi connectivity index (χ3n) is 6.06. The van der Waals surface area contributed by atoms with Gasteiger partial charge in [-0.15, -0.1) is 11.3 Å². The summed E-state index contributed by atoms with van der Waals surface area (Å²) in [6, 6.07) is 10.3. The average molecular weight is 600 g/mol. The molecule has 0 saturated carbocycles. The van der Waals surface area contributed by atoms with E-state index >= 15 is 0 Å². The second-order valence-corrected chi connectivity index (χ2v) is 11.0. The monoisotopic (exact) mass is 599 g/mol. The lowest BCUT2D eigenvalue weighted by Gasteiger charge is -2.35. The molecule has 11 nitrogen and oxygen atoms in total. The van der Waals surface area contributed by atoms with Crippen LogP contribution in [0.2, 0.25) is 0 Å². The minimum atomic E-state index is -1.30. The van der Waals surface area contributed by atoms with Crippen molar-refractivity contribution in [1.29, 1.82) is 0 Å². The second-order valence-electron chi connectivity index (χ2n) is 10.0. The molecule has 2 aromatic carbocycles. The average Bonchev–Trinajstić information content (AvgIpc) is 3.51. The summed E-state index contributed by atoms with van der Waals surface area (Å²) in [6.45, 7) is 5.05. The van der Waals surface area contributed by atoms with Gasteiger partial charge in [-0.3, -0.25) is 19.3 Å². The molecule has 1 heterocycles.